The molecular weight excluding hydrogens is 281 g/mol. The fraction of sp³-hybridized carbons (Fsp3) is 0.273. The zero-order valence-electron chi connectivity index (χ0n) is 9.77. The van der Waals surface area contributed by atoms with Crippen LogP contribution in [-0.2, 0) is 11.3 Å². The molecule has 0 saturated heterocycles. The second-order valence-electron chi connectivity index (χ2n) is 3.52. The molecule has 0 amide bonds. The van der Waals surface area contributed by atoms with Gasteiger partial charge >= 0.3 is 6.36 Å². The van der Waals surface area contributed by atoms with Crippen LogP contribution in [0.1, 0.15) is 5.01 Å². The number of nitrogens with zero attached hydrogens (tertiary/aromatic N) is 2. The Balaban J connectivity index is 2.13. The van der Waals surface area contributed by atoms with Crippen molar-refractivity contribution >= 4 is 11.5 Å². The third-order valence-corrected chi connectivity index (χ3v) is 2.77. The average Bonchev–Trinajstić information content (AvgIpc) is 2.77. The van der Waals surface area contributed by atoms with Gasteiger partial charge in [0.1, 0.15) is 10.8 Å². The van der Waals surface area contributed by atoms with E-state index in [0.717, 1.165) is 0 Å². The molecule has 19 heavy (non-hydrogen) atoms. The fourth-order valence-corrected chi connectivity index (χ4v) is 2.00. The van der Waals surface area contributed by atoms with Gasteiger partial charge in [0.2, 0.25) is 0 Å². The fourth-order valence-electron chi connectivity index (χ4n) is 1.36. The molecule has 0 aliphatic carbocycles. The van der Waals surface area contributed by atoms with Crippen molar-refractivity contribution in [3.63, 3.8) is 0 Å². The molecule has 4 nitrogen and oxygen atoms in total. The van der Waals surface area contributed by atoms with Crippen LogP contribution in [-0.4, -0.2) is 22.8 Å². The van der Waals surface area contributed by atoms with Crippen LogP contribution in [0.2, 0.25) is 0 Å². The van der Waals surface area contributed by atoms with Gasteiger partial charge in [0, 0.05) is 12.7 Å². The largest absolute Gasteiger partial charge is 0.573 e. The molecule has 8 heteroatoms. The lowest BCUT2D eigenvalue weighted by Gasteiger charge is -2.08. The van der Waals surface area contributed by atoms with E-state index in [2.05, 4.69) is 14.1 Å². The molecule has 0 saturated carbocycles. The number of aromatic nitrogens is 2. The van der Waals surface area contributed by atoms with E-state index in [9.17, 15) is 13.2 Å². The second-order valence-corrected chi connectivity index (χ2v) is 4.35. The van der Waals surface area contributed by atoms with Gasteiger partial charge in [0.05, 0.1) is 6.61 Å². The maximum atomic E-state index is 12.0. The van der Waals surface area contributed by atoms with E-state index in [1.54, 1.807) is 7.11 Å². The monoisotopic (exact) mass is 290 g/mol. The van der Waals surface area contributed by atoms with Gasteiger partial charge in [-0.25, -0.2) is 4.98 Å². The standard InChI is InChI=1S/C11H9F3N2O2S/c1-17-6-9-15-10(16-19-9)7-2-4-8(5-3-7)18-11(12,13)14/h2-5H,6H2,1H3. The van der Waals surface area contributed by atoms with Gasteiger partial charge in [-0.05, 0) is 35.8 Å². The van der Waals surface area contributed by atoms with Gasteiger partial charge in [-0.3, -0.25) is 0 Å². The number of hydrogen-bond donors (Lipinski definition) is 0. The average molecular weight is 290 g/mol. The van der Waals surface area contributed by atoms with Crippen molar-refractivity contribution in [3.8, 4) is 17.1 Å². The number of halogens is 3. The smallest absolute Gasteiger partial charge is 0.406 e. The Kier molecular flexibility index (Phi) is 4.01. The van der Waals surface area contributed by atoms with E-state index >= 15 is 0 Å². The highest BCUT2D eigenvalue weighted by molar-refractivity contribution is 7.05. The van der Waals surface area contributed by atoms with Gasteiger partial charge < -0.3 is 9.47 Å². The minimum atomic E-state index is -4.69. The van der Waals surface area contributed by atoms with Gasteiger partial charge in [-0.2, -0.15) is 4.37 Å². The summed E-state index contributed by atoms with van der Waals surface area (Å²) in [6.07, 6.45) is -4.69. The zero-order valence-corrected chi connectivity index (χ0v) is 10.6. The molecule has 0 N–H and O–H groups in total. The molecule has 2 aromatic rings. The van der Waals surface area contributed by atoms with Crippen LogP contribution >= 0.6 is 11.5 Å². The third kappa shape index (κ3) is 3.90. The van der Waals surface area contributed by atoms with Crippen molar-refractivity contribution in [1.29, 1.82) is 0 Å². The first-order valence-electron chi connectivity index (χ1n) is 5.15. The first kappa shape index (κ1) is 13.8. The van der Waals surface area contributed by atoms with E-state index in [4.69, 9.17) is 4.74 Å². The van der Waals surface area contributed by atoms with Gasteiger partial charge in [0.15, 0.2) is 5.82 Å². The number of methoxy groups -OCH3 is 1. The van der Waals surface area contributed by atoms with Crippen LogP contribution in [0.15, 0.2) is 24.3 Å². The quantitative estimate of drug-likeness (QED) is 0.867. The summed E-state index contributed by atoms with van der Waals surface area (Å²) < 4.78 is 48.8. The summed E-state index contributed by atoms with van der Waals surface area (Å²) in [4.78, 5) is 4.19. The van der Waals surface area contributed by atoms with Crippen LogP contribution in [0.3, 0.4) is 0 Å². The maximum Gasteiger partial charge on any atom is 0.573 e. The number of benzene rings is 1. The van der Waals surface area contributed by atoms with E-state index in [0.29, 0.717) is 23.0 Å². The molecule has 0 spiro atoms. The van der Waals surface area contributed by atoms with Crippen LogP contribution in [0.25, 0.3) is 11.4 Å². The van der Waals surface area contributed by atoms with Crippen LogP contribution in [0.4, 0.5) is 13.2 Å². The van der Waals surface area contributed by atoms with Crippen LogP contribution in [0.5, 0.6) is 5.75 Å². The van der Waals surface area contributed by atoms with E-state index < -0.39 is 6.36 Å². The molecule has 1 aromatic heterocycles. The molecule has 0 unspecified atom stereocenters. The predicted molar refractivity (Wildman–Crippen MR) is 62.7 cm³/mol. The lowest BCUT2D eigenvalue weighted by molar-refractivity contribution is -0.274. The molecule has 0 fully saturated rings. The van der Waals surface area contributed by atoms with E-state index in [1.807, 2.05) is 0 Å². The highest BCUT2D eigenvalue weighted by Crippen LogP contribution is 2.25. The molecule has 0 aliphatic heterocycles. The van der Waals surface area contributed by atoms with Crippen molar-refractivity contribution in [2.45, 2.75) is 13.0 Å². The third-order valence-electron chi connectivity index (χ3n) is 2.08. The number of rotatable bonds is 4. The van der Waals surface area contributed by atoms with Crippen molar-refractivity contribution in [2.75, 3.05) is 7.11 Å². The predicted octanol–water partition coefficient (Wildman–Crippen LogP) is 3.25. The molecule has 0 aliphatic rings. The molecule has 1 aromatic carbocycles. The van der Waals surface area contributed by atoms with Gasteiger partial charge in [-0.15, -0.1) is 13.2 Å². The molecule has 1 heterocycles. The Labute approximate surface area is 111 Å². The summed E-state index contributed by atoms with van der Waals surface area (Å²) in [5, 5.41) is 0.702. The molecule has 0 bridgehead atoms. The van der Waals surface area contributed by atoms with Gasteiger partial charge in [-0.1, -0.05) is 0 Å². The Morgan fingerprint density at radius 1 is 1.21 bits per heavy atom. The summed E-state index contributed by atoms with van der Waals surface area (Å²) in [5.41, 5.74) is 0.619. The number of ether oxygens (including phenoxy) is 2. The molecule has 102 valence electrons. The number of hydrogen-bond acceptors (Lipinski definition) is 5. The Bertz CT molecular complexity index is 540. The summed E-state index contributed by atoms with van der Waals surface area (Å²) in [6, 6.07) is 5.39. The summed E-state index contributed by atoms with van der Waals surface area (Å²) in [7, 11) is 1.55. The summed E-state index contributed by atoms with van der Waals surface area (Å²) in [5.74, 6) is 0.180. The topological polar surface area (TPSA) is 44.2 Å². The Morgan fingerprint density at radius 3 is 2.47 bits per heavy atom. The summed E-state index contributed by atoms with van der Waals surface area (Å²) in [6.45, 7) is 0.354. The molecule has 0 radical (unpaired) electrons. The minimum Gasteiger partial charge on any atom is -0.406 e. The summed E-state index contributed by atoms with van der Waals surface area (Å²) >= 11 is 1.19. The van der Waals surface area contributed by atoms with Crippen molar-refractivity contribution < 1.29 is 22.6 Å². The lowest BCUT2D eigenvalue weighted by atomic mass is 10.2. The normalized spacial score (nSPS) is 11.6. The zero-order chi connectivity index (χ0) is 13.9. The number of alkyl halides is 3. The van der Waals surface area contributed by atoms with Crippen LogP contribution < -0.4 is 4.74 Å². The van der Waals surface area contributed by atoms with E-state index in [1.165, 1.54) is 35.8 Å². The molecular formula is C11H9F3N2O2S. The molecule has 0 atom stereocenters. The highest BCUT2D eigenvalue weighted by Gasteiger charge is 2.30. The first-order valence-corrected chi connectivity index (χ1v) is 5.93. The van der Waals surface area contributed by atoms with E-state index in [-0.39, 0.29) is 5.75 Å². The maximum absolute atomic E-state index is 12.0. The first-order chi connectivity index (χ1) is 8.98. The second kappa shape index (κ2) is 5.54. The lowest BCUT2D eigenvalue weighted by Crippen LogP contribution is -2.16. The SMILES string of the molecule is COCc1nc(-c2ccc(OC(F)(F)F)cc2)ns1. The van der Waals surface area contributed by atoms with Crippen molar-refractivity contribution in [1.82, 2.24) is 9.36 Å². The van der Waals surface area contributed by atoms with Crippen molar-refractivity contribution in [3.05, 3.63) is 29.3 Å². The Hall–Kier alpha value is -1.67. The van der Waals surface area contributed by atoms with Crippen LogP contribution in [0, 0.1) is 0 Å². The minimum absolute atomic E-state index is 0.274. The molecule has 2 rings (SSSR count). The van der Waals surface area contributed by atoms with Gasteiger partial charge in [0.25, 0.3) is 0 Å². The Morgan fingerprint density at radius 2 is 1.89 bits per heavy atom. The highest BCUT2D eigenvalue weighted by atomic mass is 32.1. The van der Waals surface area contributed by atoms with Crippen molar-refractivity contribution in [2.24, 2.45) is 0 Å².